The lowest BCUT2D eigenvalue weighted by Crippen LogP contribution is -2.35. The van der Waals surface area contributed by atoms with Gasteiger partial charge in [0.1, 0.15) is 6.10 Å². The summed E-state index contributed by atoms with van der Waals surface area (Å²) < 4.78 is 32.2. The highest BCUT2D eigenvalue weighted by molar-refractivity contribution is 7.88. The molecular weight excluding hydrogens is 332 g/mol. The second kappa shape index (κ2) is 7.62. The predicted octanol–water partition coefficient (Wildman–Crippen LogP) is 0.478. The van der Waals surface area contributed by atoms with E-state index in [1.54, 1.807) is 6.92 Å². The fourth-order valence-corrected chi connectivity index (χ4v) is 3.48. The number of carbonyl (C=O) groups is 1. The fraction of sp³-hybridized carbons (Fsp3) is 0.733. The summed E-state index contributed by atoms with van der Waals surface area (Å²) in [4.78, 5) is 12.0. The van der Waals surface area contributed by atoms with Crippen LogP contribution >= 0.6 is 0 Å². The van der Waals surface area contributed by atoms with Crippen LogP contribution in [0.1, 0.15) is 38.6 Å². The number of sulfonamides is 1. The van der Waals surface area contributed by atoms with E-state index in [1.807, 2.05) is 24.6 Å². The number of rotatable bonds is 6. The molecular formula is C15H26N4O4S. The van der Waals surface area contributed by atoms with Gasteiger partial charge in [-0.05, 0) is 33.3 Å². The molecule has 0 aromatic carbocycles. The van der Waals surface area contributed by atoms with Crippen molar-refractivity contribution in [3.8, 4) is 0 Å². The molecule has 1 aromatic rings. The summed E-state index contributed by atoms with van der Waals surface area (Å²) in [5, 5.41) is 7.26. The normalized spacial score (nSPS) is 17.4. The van der Waals surface area contributed by atoms with Gasteiger partial charge in [-0.1, -0.05) is 0 Å². The van der Waals surface area contributed by atoms with E-state index in [9.17, 15) is 13.2 Å². The van der Waals surface area contributed by atoms with Crippen LogP contribution in [0.5, 0.6) is 0 Å². The minimum atomic E-state index is -3.23. The molecule has 0 spiro atoms. The number of amides is 1. The fourth-order valence-electron chi connectivity index (χ4n) is 2.65. The SMILES string of the molecule is CC(C)O[C@H](C)C(=O)NCc1cc2n(n1)CCCN(S(C)(=O)=O)C2. The van der Waals surface area contributed by atoms with E-state index in [1.165, 1.54) is 10.6 Å². The van der Waals surface area contributed by atoms with Crippen molar-refractivity contribution < 1.29 is 17.9 Å². The Hall–Kier alpha value is -1.45. The van der Waals surface area contributed by atoms with Crippen LogP contribution in [0.4, 0.5) is 0 Å². The molecule has 1 aliphatic heterocycles. The van der Waals surface area contributed by atoms with Crippen LogP contribution in [-0.2, 0) is 39.2 Å². The van der Waals surface area contributed by atoms with Crippen LogP contribution < -0.4 is 5.32 Å². The van der Waals surface area contributed by atoms with E-state index in [0.29, 0.717) is 38.3 Å². The van der Waals surface area contributed by atoms with Gasteiger partial charge in [0.05, 0.1) is 36.8 Å². The number of hydrogen-bond donors (Lipinski definition) is 1. The van der Waals surface area contributed by atoms with Crippen LogP contribution in [-0.4, -0.2) is 53.4 Å². The summed E-state index contributed by atoms with van der Waals surface area (Å²) in [6.07, 6.45) is 1.39. The van der Waals surface area contributed by atoms with E-state index >= 15 is 0 Å². The topological polar surface area (TPSA) is 93.5 Å². The second-order valence-electron chi connectivity index (χ2n) is 6.35. The maximum atomic E-state index is 12.0. The Bertz CT molecular complexity index is 684. The molecule has 1 amide bonds. The molecule has 0 fully saturated rings. The van der Waals surface area contributed by atoms with Crippen LogP contribution in [0.3, 0.4) is 0 Å². The molecule has 1 aliphatic rings. The zero-order chi connectivity index (χ0) is 17.9. The smallest absolute Gasteiger partial charge is 0.249 e. The monoisotopic (exact) mass is 358 g/mol. The predicted molar refractivity (Wildman–Crippen MR) is 89.6 cm³/mol. The standard InChI is InChI=1S/C15H26N4O4S/c1-11(2)23-12(3)15(20)16-9-13-8-14-10-18(24(4,21)22)6-5-7-19(14)17-13/h8,11-12H,5-7,9-10H2,1-4H3,(H,16,20)/t12-/m1/s1. The third-order valence-corrected chi connectivity index (χ3v) is 5.04. The van der Waals surface area contributed by atoms with Gasteiger partial charge in [0, 0.05) is 13.1 Å². The van der Waals surface area contributed by atoms with Crippen LogP contribution in [0.2, 0.25) is 0 Å². The van der Waals surface area contributed by atoms with Gasteiger partial charge < -0.3 is 10.1 Å². The molecule has 2 rings (SSSR count). The van der Waals surface area contributed by atoms with Crippen molar-refractivity contribution in [2.24, 2.45) is 0 Å². The second-order valence-corrected chi connectivity index (χ2v) is 8.33. The molecule has 0 unspecified atom stereocenters. The number of fused-ring (bicyclic) bond motifs is 1. The lowest BCUT2D eigenvalue weighted by molar-refractivity contribution is -0.134. The van der Waals surface area contributed by atoms with E-state index in [2.05, 4.69) is 10.4 Å². The summed E-state index contributed by atoms with van der Waals surface area (Å²) >= 11 is 0. The van der Waals surface area contributed by atoms with Gasteiger partial charge in [0.25, 0.3) is 0 Å². The van der Waals surface area contributed by atoms with Gasteiger partial charge in [-0.15, -0.1) is 0 Å². The lowest BCUT2D eigenvalue weighted by atomic mass is 10.3. The first kappa shape index (κ1) is 18.9. The number of ether oxygens (including phenoxy) is 1. The molecule has 136 valence electrons. The number of nitrogens with one attached hydrogen (secondary N) is 1. The third-order valence-electron chi connectivity index (χ3n) is 3.79. The maximum absolute atomic E-state index is 12.0. The van der Waals surface area contributed by atoms with Crippen LogP contribution in [0, 0.1) is 0 Å². The minimum Gasteiger partial charge on any atom is -0.366 e. The van der Waals surface area contributed by atoms with Crippen molar-refractivity contribution in [3.05, 3.63) is 17.5 Å². The number of aryl methyl sites for hydroxylation is 1. The molecule has 2 heterocycles. The van der Waals surface area contributed by atoms with Crippen molar-refractivity contribution in [1.29, 1.82) is 0 Å². The number of carbonyl (C=O) groups excluding carboxylic acids is 1. The van der Waals surface area contributed by atoms with Crippen molar-refractivity contribution >= 4 is 15.9 Å². The zero-order valence-corrected chi connectivity index (χ0v) is 15.5. The molecule has 0 bridgehead atoms. The average molecular weight is 358 g/mol. The highest BCUT2D eigenvalue weighted by Gasteiger charge is 2.23. The van der Waals surface area contributed by atoms with Gasteiger partial charge in [0.15, 0.2) is 0 Å². The molecule has 9 heteroatoms. The van der Waals surface area contributed by atoms with Gasteiger partial charge in [0.2, 0.25) is 15.9 Å². The summed E-state index contributed by atoms with van der Waals surface area (Å²) in [6.45, 7) is 7.24. The van der Waals surface area contributed by atoms with Crippen molar-refractivity contribution in [3.63, 3.8) is 0 Å². The van der Waals surface area contributed by atoms with Gasteiger partial charge in [-0.25, -0.2) is 8.42 Å². The van der Waals surface area contributed by atoms with E-state index in [-0.39, 0.29) is 12.0 Å². The van der Waals surface area contributed by atoms with Crippen molar-refractivity contribution in [2.75, 3.05) is 12.8 Å². The Morgan fingerprint density at radius 2 is 2.08 bits per heavy atom. The molecule has 1 atom stereocenters. The molecule has 8 nitrogen and oxygen atoms in total. The van der Waals surface area contributed by atoms with E-state index < -0.39 is 16.1 Å². The van der Waals surface area contributed by atoms with Crippen molar-refractivity contribution in [2.45, 2.75) is 59.0 Å². The first-order chi connectivity index (χ1) is 11.2. The Balaban J connectivity index is 1.99. The summed E-state index contributed by atoms with van der Waals surface area (Å²) in [5.74, 6) is -0.190. The number of nitrogens with zero attached hydrogens (tertiary/aromatic N) is 3. The molecule has 1 N–H and O–H groups in total. The molecule has 0 saturated carbocycles. The lowest BCUT2D eigenvalue weighted by Gasteiger charge is -2.16. The van der Waals surface area contributed by atoms with Crippen LogP contribution in [0.15, 0.2) is 6.07 Å². The minimum absolute atomic E-state index is 0.0172. The summed E-state index contributed by atoms with van der Waals surface area (Å²) in [7, 11) is -3.23. The maximum Gasteiger partial charge on any atom is 0.249 e. The molecule has 0 saturated heterocycles. The zero-order valence-electron chi connectivity index (χ0n) is 14.7. The molecule has 0 aliphatic carbocycles. The number of hydrogen-bond acceptors (Lipinski definition) is 5. The van der Waals surface area contributed by atoms with Crippen molar-refractivity contribution in [1.82, 2.24) is 19.4 Å². The van der Waals surface area contributed by atoms with Gasteiger partial charge in [-0.2, -0.15) is 9.40 Å². The summed E-state index contributed by atoms with van der Waals surface area (Å²) in [5.41, 5.74) is 1.55. The number of aromatic nitrogens is 2. The Labute approximate surface area is 143 Å². The first-order valence-corrected chi connectivity index (χ1v) is 9.95. The first-order valence-electron chi connectivity index (χ1n) is 8.10. The van der Waals surface area contributed by atoms with E-state index in [4.69, 9.17) is 4.74 Å². The molecule has 0 radical (unpaired) electrons. The quantitative estimate of drug-likeness (QED) is 0.798. The summed E-state index contributed by atoms with van der Waals surface area (Å²) in [6, 6.07) is 1.84. The van der Waals surface area contributed by atoms with Crippen LogP contribution in [0.25, 0.3) is 0 Å². The Morgan fingerprint density at radius 3 is 2.71 bits per heavy atom. The Kier molecular flexibility index (Phi) is 6.00. The van der Waals surface area contributed by atoms with E-state index in [0.717, 1.165) is 5.69 Å². The molecule has 1 aromatic heterocycles. The highest BCUT2D eigenvalue weighted by Crippen LogP contribution is 2.16. The molecule has 24 heavy (non-hydrogen) atoms. The average Bonchev–Trinajstić information content (AvgIpc) is 2.73. The highest BCUT2D eigenvalue weighted by atomic mass is 32.2. The van der Waals surface area contributed by atoms with Gasteiger partial charge in [-0.3, -0.25) is 9.48 Å². The third kappa shape index (κ3) is 5.02. The van der Waals surface area contributed by atoms with Gasteiger partial charge >= 0.3 is 0 Å². The Morgan fingerprint density at radius 1 is 1.38 bits per heavy atom. The largest absolute Gasteiger partial charge is 0.366 e.